The first-order valence-electron chi connectivity index (χ1n) is 6.37. The Bertz CT molecular complexity index is 674. The molecular formula is C16H16N2O2. The first-order chi connectivity index (χ1) is 9.67. The number of nitriles is 1. The Morgan fingerprint density at radius 3 is 2.60 bits per heavy atom. The van der Waals surface area contributed by atoms with Gasteiger partial charge in [0.15, 0.2) is 0 Å². The molecule has 0 atom stereocenters. The van der Waals surface area contributed by atoms with Crippen molar-refractivity contribution in [2.75, 3.05) is 25.6 Å². The van der Waals surface area contributed by atoms with E-state index in [9.17, 15) is 4.79 Å². The third-order valence-electron chi connectivity index (χ3n) is 3.31. The molecule has 102 valence electrons. The lowest BCUT2D eigenvalue weighted by atomic mass is 10.0. The van der Waals surface area contributed by atoms with Gasteiger partial charge in [-0.25, -0.2) is 0 Å². The molecule has 0 aliphatic heterocycles. The fourth-order valence-corrected chi connectivity index (χ4v) is 2.20. The van der Waals surface area contributed by atoms with Gasteiger partial charge in [-0.05, 0) is 12.1 Å². The minimum Gasteiger partial charge on any atom is -0.469 e. The first kappa shape index (κ1) is 13.9. The van der Waals surface area contributed by atoms with Gasteiger partial charge in [0.05, 0.1) is 25.2 Å². The van der Waals surface area contributed by atoms with Gasteiger partial charge in [-0.15, -0.1) is 0 Å². The van der Waals surface area contributed by atoms with Crippen LogP contribution < -0.4 is 4.90 Å². The fraction of sp³-hybridized carbons (Fsp3) is 0.250. The molecule has 0 aliphatic rings. The third kappa shape index (κ3) is 2.72. The van der Waals surface area contributed by atoms with Crippen molar-refractivity contribution in [3.05, 3.63) is 42.0 Å². The molecule has 0 saturated heterocycles. The topological polar surface area (TPSA) is 53.3 Å². The van der Waals surface area contributed by atoms with Gasteiger partial charge in [0.1, 0.15) is 0 Å². The van der Waals surface area contributed by atoms with E-state index in [4.69, 9.17) is 5.26 Å². The normalized spacial score (nSPS) is 10.1. The summed E-state index contributed by atoms with van der Waals surface area (Å²) in [5, 5.41) is 11.1. The average molecular weight is 268 g/mol. The summed E-state index contributed by atoms with van der Waals surface area (Å²) in [5.41, 5.74) is 1.66. The van der Waals surface area contributed by atoms with Crippen LogP contribution in [0.1, 0.15) is 12.0 Å². The lowest BCUT2D eigenvalue weighted by Gasteiger charge is -2.21. The molecule has 0 saturated carbocycles. The van der Waals surface area contributed by atoms with Crippen LogP contribution in [-0.4, -0.2) is 26.7 Å². The molecule has 20 heavy (non-hydrogen) atoms. The number of fused-ring (bicyclic) bond motifs is 1. The number of esters is 1. The molecule has 0 spiro atoms. The molecule has 0 heterocycles. The van der Waals surface area contributed by atoms with Gasteiger partial charge in [-0.1, -0.05) is 24.3 Å². The van der Waals surface area contributed by atoms with Crippen molar-refractivity contribution < 1.29 is 9.53 Å². The standard InChI is InChI=1S/C16H16N2O2/c1-18(10-9-16(19)20-2)15-8-7-12(11-17)13-5-3-4-6-14(13)15/h3-8H,9-10H2,1-2H3. The highest BCUT2D eigenvalue weighted by molar-refractivity contribution is 5.97. The number of hydrogen-bond acceptors (Lipinski definition) is 4. The van der Waals surface area contributed by atoms with Crippen LogP contribution in [0, 0.1) is 11.3 Å². The quantitative estimate of drug-likeness (QED) is 0.800. The van der Waals surface area contributed by atoms with E-state index in [1.54, 1.807) is 0 Å². The zero-order chi connectivity index (χ0) is 14.5. The van der Waals surface area contributed by atoms with Crippen LogP contribution in [0.3, 0.4) is 0 Å². The highest BCUT2D eigenvalue weighted by Gasteiger charge is 2.10. The van der Waals surface area contributed by atoms with E-state index in [-0.39, 0.29) is 5.97 Å². The Morgan fingerprint density at radius 2 is 1.95 bits per heavy atom. The Balaban J connectivity index is 2.35. The summed E-state index contributed by atoms with van der Waals surface area (Å²) in [6.45, 7) is 0.572. The second-order valence-corrected chi connectivity index (χ2v) is 4.54. The number of methoxy groups -OCH3 is 1. The molecule has 2 rings (SSSR count). The van der Waals surface area contributed by atoms with Gasteiger partial charge >= 0.3 is 5.97 Å². The van der Waals surface area contributed by atoms with E-state index in [1.165, 1.54) is 7.11 Å². The fourth-order valence-electron chi connectivity index (χ4n) is 2.20. The minimum absolute atomic E-state index is 0.227. The smallest absolute Gasteiger partial charge is 0.307 e. The second kappa shape index (κ2) is 6.07. The van der Waals surface area contributed by atoms with Gasteiger partial charge in [0, 0.05) is 30.1 Å². The summed E-state index contributed by atoms with van der Waals surface area (Å²) in [7, 11) is 3.32. The number of benzene rings is 2. The van der Waals surface area contributed by atoms with Crippen LogP contribution in [0.15, 0.2) is 36.4 Å². The van der Waals surface area contributed by atoms with Gasteiger partial charge in [-0.2, -0.15) is 5.26 Å². The maximum atomic E-state index is 11.2. The zero-order valence-corrected chi connectivity index (χ0v) is 11.6. The zero-order valence-electron chi connectivity index (χ0n) is 11.6. The maximum Gasteiger partial charge on any atom is 0.307 e. The van der Waals surface area contributed by atoms with E-state index in [2.05, 4.69) is 10.8 Å². The molecule has 0 unspecified atom stereocenters. The number of rotatable bonds is 4. The first-order valence-corrected chi connectivity index (χ1v) is 6.37. The van der Waals surface area contributed by atoms with Crippen molar-refractivity contribution in [3.63, 3.8) is 0 Å². The number of nitrogens with zero attached hydrogens (tertiary/aromatic N) is 2. The van der Waals surface area contributed by atoms with E-state index >= 15 is 0 Å². The summed E-state index contributed by atoms with van der Waals surface area (Å²) in [6.07, 6.45) is 0.335. The molecule has 0 fully saturated rings. The molecule has 4 heteroatoms. The van der Waals surface area contributed by atoms with Crippen LogP contribution in [0.25, 0.3) is 10.8 Å². The number of ether oxygens (including phenoxy) is 1. The van der Waals surface area contributed by atoms with Gasteiger partial charge in [0.2, 0.25) is 0 Å². The highest BCUT2D eigenvalue weighted by atomic mass is 16.5. The largest absolute Gasteiger partial charge is 0.469 e. The van der Waals surface area contributed by atoms with Crippen molar-refractivity contribution >= 4 is 22.4 Å². The number of hydrogen-bond donors (Lipinski definition) is 0. The van der Waals surface area contributed by atoms with E-state index in [0.717, 1.165) is 16.5 Å². The lowest BCUT2D eigenvalue weighted by Crippen LogP contribution is -2.21. The lowest BCUT2D eigenvalue weighted by molar-refractivity contribution is -0.140. The average Bonchev–Trinajstić information content (AvgIpc) is 2.51. The second-order valence-electron chi connectivity index (χ2n) is 4.54. The van der Waals surface area contributed by atoms with Crippen molar-refractivity contribution in [2.45, 2.75) is 6.42 Å². The monoisotopic (exact) mass is 268 g/mol. The predicted octanol–water partition coefficient (Wildman–Crippen LogP) is 2.71. The van der Waals surface area contributed by atoms with E-state index in [1.807, 2.05) is 48.3 Å². The molecule has 0 aromatic heterocycles. The molecule has 0 radical (unpaired) electrons. The molecule has 2 aromatic rings. The summed E-state index contributed by atoms with van der Waals surface area (Å²) >= 11 is 0. The van der Waals surface area contributed by atoms with Crippen molar-refractivity contribution in [2.24, 2.45) is 0 Å². The van der Waals surface area contributed by atoms with E-state index < -0.39 is 0 Å². The molecule has 0 N–H and O–H groups in total. The predicted molar refractivity (Wildman–Crippen MR) is 78.6 cm³/mol. The van der Waals surface area contributed by atoms with Crippen LogP contribution >= 0.6 is 0 Å². The third-order valence-corrected chi connectivity index (χ3v) is 3.31. The van der Waals surface area contributed by atoms with Crippen LogP contribution in [-0.2, 0) is 9.53 Å². The molecular weight excluding hydrogens is 252 g/mol. The summed E-state index contributed by atoms with van der Waals surface area (Å²) in [4.78, 5) is 13.2. The molecule has 2 aromatic carbocycles. The summed E-state index contributed by atoms with van der Waals surface area (Å²) < 4.78 is 4.65. The molecule has 0 aliphatic carbocycles. The summed E-state index contributed by atoms with van der Waals surface area (Å²) in [6, 6.07) is 13.7. The van der Waals surface area contributed by atoms with Gasteiger partial charge < -0.3 is 9.64 Å². The number of carbonyl (C=O) groups excluding carboxylic acids is 1. The van der Waals surface area contributed by atoms with Crippen molar-refractivity contribution in [3.8, 4) is 6.07 Å². The Morgan fingerprint density at radius 1 is 1.25 bits per heavy atom. The maximum absolute atomic E-state index is 11.2. The van der Waals surface area contributed by atoms with Gasteiger partial charge in [0.25, 0.3) is 0 Å². The Hall–Kier alpha value is -2.54. The highest BCUT2D eigenvalue weighted by Crippen LogP contribution is 2.28. The Labute approximate surface area is 118 Å². The molecule has 0 amide bonds. The van der Waals surface area contributed by atoms with Gasteiger partial charge in [-0.3, -0.25) is 4.79 Å². The SMILES string of the molecule is COC(=O)CCN(C)c1ccc(C#N)c2ccccc12. The summed E-state index contributed by atoms with van der Waals surface area (Å²) in [5.74, 6) is -0.227. The Kier molecular flexibility index (Phi) is 4.21. The van der Waals surface area contributed by atoms with Crippen LogP contribution in [0.4, 0.5) is 5.69 Å². The van der Waals surface area contributed by atoms with E-state index in [0.29, 0.717) is 18.5 Å². The molecule has 0 bridgehead atoms. The molecule has 4 nitrogen and oxygen atoms in total. The van der Waals surface area contributed by atoms with Crippen molar-refractivity contribution in [1.82, 2.24) is 0 Å². The van der Waals surface area contributed by atoms with Crippen LogP contribution in [0.5, 0.6) is 0 Å². The van der Waals surface area contributed by atoms with Crippen LogP contribution in [0.2, 0.25) is 0 Å². The van der Waals surface area contributed by atoms with Crippen molar-refractivity contribution in [1.29, 1.82) is 5.26 Å². The minimum atomic E-state index is -0.227. The number of anilines is 1. The number of carbonyl (C=O) groups is 1.